The van der Waals surface area contributed by atoms with Crippen LogP contribution < -0.4 is 10.5 Å². The third-order valence-corrected chi connectivity index (χ3v) is 3.82. The lowest BCUT2D eigenvalue weighted by molar-refractivity contribution is -0.138. The molecule has 0 saturated carbocycles. The molecule has 0 spiro atoms. The van der Waals surface area contributed by atoms with Crippen molar-refractivity contribution < 1.29 is 19.2 Å². The maximum Gasteiger partial charge on any atom is 0.320 e. The Morgan fingerprint density at radius 1 is 1.15 bits per heavy atom. The van der Waals surface area contributed by atoms with E-state index in [1.165, 1.54) is 0 Å². The molecule has 0 amide bonds. The first kappa shape index (κ1) is 20.4. The maximum atomic E-state index is 10.8. The van der Waals surface area contributed by atoms with E-state index in [0.29, 0.717) is 18.3 Å². The molecule has 1 aromatic heterocycles. The van der Waals surface area contributed by atoms with Gasteiger partial charge < -0.3 is 20.1 Å². The van der Waals surface area contributed by atoms with Crippen molar-refractivity contribution in [3.05, 3.63) is 54.1 Å². The van der Waals surface area contributed by atoms with Crippen molar-refractivity contribution in [1.82, 2.24) is 10.1 Å². The van der Waals surface area contributed by atoms with Gasteiger partial charge in [-0.1, -0.05) is 29.4 Å². The number of carbonyl (C=O) groups is 1. The summed E-state index contributed by atoms with van der Waals surface area (Å²) >= 11 is 0. The van der Waals surface area contributed by atoms with Crippen molar-refractivity contribution in [2.45, 2.75) is 19.4 Å². The van der Waals surface area contributed by atoms with E-state index >= 15 is 0 Å². The van der Waals surface area contributed by atoms with Crippen molar-refractivity contribution >= 4 is 18.4 Å². The zero-order chi connectivity index (χ0) is 18.5. The van der Waals surface area contributed by atoms with Gasteiger partial charge in [-0.2, -0.15) is 4.98 Å². The van der Waals surface area contributed by atoms with Gasteiger partial charge in [-0.15, -0.1) is 12.4 Å². The molecule has 2 aromatic carbocycles. The van der Waals surface area contributed by atoms with Gasteiger partial charge in [0.25, 0.3) is 5.89 Å². The van der Waals surface area contributed by atoms with Crippen molar-refractivity contribution in [2.24, 2.45) is 5.73 Å². The molecule has 1 heterocycles. The quantitative estimate of drug-likeness (QED) is 0.638. The van der Waals surface area contributed by atoms with Gasteiger partial charge in [-0.3, -0.25) is 4.79 Å². The number of benzene rings is 2. The summed E-state index contributed by atoms with van der Waals surface area (Å²) < 4.78 is 10.7. The highest BCUT2D eigenvalue weighted by molar-refractivity contribution is 5.85. The molecule has 0 aliphatic rings. The fourth-order valence-electron chi connectivity index (χ4n) is 2.45. The van der Waals surface area contributed by atoms with E-state index in [9.17, 15) is 4.79 Å². The first-order valence-electron chi connectivity index (χ1n) is 8.21. The van der Waals surface area contributed by atoms with Gasteiger partial charge in [0, 0.05) is 11.1 Å². The molecule has 0 radical (unpaired) electrons. The van der Waals surface area contributed by atoms with Gasteiger partial charge in [-0.25, -0.2) is 0 Å². The highest BCUT2D eigenvalue weighted by atomic mass is 35.5. The molecule has 0 bridgehead atoms. The fraction of sp³-hybridized carbons (Fsp3) is 0.211. The van der Waals surface area contributed by atoms with Gasteiger partial charge in [0.1, 0.15) is 11.8 Å². The molecule has 0 aliphatic heterocycles. The Kier molecular flexibility index (Phi) is 6.92. The number of aromatic nitrogens is 2. The summed E-state index contributed by atoms with van der Waals surface area (Å²) in [6, 6.07) is 13.8. The van der Waals surface area contributed by atoms with Crippen molar-refractivity contribution in [2.75, 3.05) is 6.61 Å². The normalized spacial score (nSPS) is 11.5. The van der Waals surface area contributed by atoms with Crippen molar-refractivity contribution in [3.63, 3.8) is 0 Å². The van der Waals surface area contributed by atoms with E-state index in [1.807, 2.05) is 55.5 Å². The first-order valence-corrected chi connectivity index (χ1v) is 8.21. The Morgan fingerprint density at radius 2 is 1.78 bits per heavy atom. The lowest BCUT2D eigenvalue weighted by Gasteiger charge is -2.06. The van der Waals surface area contributed by atoms with Gasteiger partial charge in [0.15, 0.2) is 0 Å². The maximum absolute atomic E-state index is 10.8. The van der Waals surface area contributed by atoms with Crippen LogP contribution >= 0.6 is 12.4 Å². The van der Waals surface area contributed by atoms with Crippen LogP contribution in [0.4, 0.5) is 0 Å². The summed E-state index contributed by atoms with van der Waals surface area (Å²) in [7, 11) is 0. The molecule has 7 nitrogen and oxygen atoms in total. The van der Waals surface area contributed by atoms with Crippen LogP contribution in [-0.4, -0.2) is 33.9 Å². The predicted molar refractivity (Wildman–Crippen MR) is 103 cm³/mol. The second kappa shape index (κ2) is 9.16. The third kappa shape index (κ3) is 5.06. The van der Waals surface area contributed by atoms with Crippen LogP contribution in [0.2, 0.25) is 0 Å². The standard InChI is InChI=1S/C19H19N3O4.ClH/c1-2-25-15-9-7-14(8-10-15)18-21-17(22-26-18)13-5-3-12(4-6-13)11-16(20)19(23)24;/h3-10,16H,2,11,20H2,1H3,(H,23,24);1H/t16-;/m0./s1. The van der Waals surface area contributed by atoms with Crippen LogP contribution in [0.5, 0.6) is 5.75 Å². The number of carboxylic acids is 1. The molecular weight excluding hydrogens is 370 g/mol. The number of ether oxygens (including phenoxy) is 1. The number of hydrogen-bond donors (Lipinski definition) is 2. The molecule has 0 saturated heterocycles. The number of aliphatic carboxylic acids is 1. The molecule has 0 aliphatic carbocycles. The minimum Gasteiger partial charge on any atom is -0.494 e. The second-order valence-electron chi connectivity index (χ2n) is 5.73. The number of nitrogens with zero attached hydrogens (tertiary/aromatic N) is 2. The Balaban J connectivity index is 0.00000261. The van der Waals surface area contributed by atoms with Gasteiger partial charge in [0.05, 0.1) is 6.61 Å². The van der Waals surface area contributed by atoms with Gasteiger partial charge in [0.2, 0.25) is 5.82 Å². The molecule has 142 valence electrons. The molecule has 27 heavy (non-hydrogen) atoms. The Morgan fingerprint density at radius 3 is 2.37 bits per heavy atom. The summed E-state index contributed by atoms with van der Waals surface area (Å²) in [6.45, 7) is 2.54. The first-order chi connectivity index (χ1) is 12.6. The molecule has 1 atom stereocenters. The van der Waals surface area contributed by atoms with E-state index in [0.717, 1.165) is 22.4 Å². The molecule has 0 unspecified atom stereocenters. The van der Waals surface area contributed by atoms with Gasteiger partial charge >= 0.3 is 5.97 Å². The number of nitrogens with two attached hydrogens (primary N) is 1. The Labute approximate surface area is 162 Å². The Hall–Kier alpha value is -2.90. The SMILES string of the molecule is CCOc1ccc(-c2nc(-c3ccc(C[C@H](N)C(=O)O)cc3)no2)cc1.Cl. The monoisotopic (exact) mass is 389 g/mol. The molecule has 3 rings (SSSR count). The van der Waals surface area contributed by atoms with Crippen molar-refractivity contribution in [3.8, 4) is 28.6 Å². The zero-order valence-corrected chi connectivity index (χ0v) is 15.5. The topological polar surface area (TPSA) is 111 Å². The third-order valence-electron chi connectivity index (χ3n) is 3.82. The fourth-order valence-corrected chi connectivity index (χ4v) is 2.45. The number of hydrogen-bond acceptors (Lipinski definition) is 6. The van der Waals surface area contributed by atoms with Crippen LogP contribution in [0.1, 0.15) is 12.5 Å². The lowest BCUT2D eigenvalue weighted by atomic mass is 10.0. The molecular formula is C19H20ClN3O4. The average Bonchev–Trinajstić information content (AvgIpc) is 3.13. The second-order valence-corrected chi connectivity index (χ2v) is 5.73. The summed E-state index contributed by atoms with van der Waals surface area (Å²) in [4.78, 5) is 15.2. The largest absolute Gasteiger partial charge is 0.494 e. The van der Waals surface area contributed by atoms with E-state index in [1.54, 1.807) is 0 Å². The van der Waals surface area contributed by atoms with Crippen molar-refractivity contribution in [1.29, 1.82) is 0 Å². The molecule has 0 fully saturated rings. The number of rotatable bonds is 7. The van der Waals surface area contributed by atoms with Crippen LogP contribution in [0.25, 0.3) is 22.8 Å². The van der Waals surface area contributed by atoms with Crippen LogP contribution in [0.3, 0.4) is 0 Å². The Bertz CT molecular complexity index is 879. The molecule has 3 aromatic rings. The van der Waals surface area contributed by atoms with E-state index in [-0.39, 0.29) is 18.8 Å². The predicted octanol–water partition coefficient (Wildman–Crippen LogP) is 3.18. The van der Waals surface area contributed by atoms with E-state index in [2.05, 4.69) is 10.1 Å². The van der Waals surface area contributed by atoms with E-state index < -0.39 is 12.0 Å². The average molecular weight is 390 g/mol. The summed E-state index contributed by atoms with van der Waals surface area (Å²) in [6.07, 6.45) is 0.263. The minimum atomic E-state index is -1.02. The molecule has 8 heteroatoms. The zero-order valence-electron chi connectivity index (χ0n) is 14.7. The van der Waals surface area contributed by atoms with Crippen LogP contribution in [0, 0.1) is 0 Å². The van der Waals surface area contributed by atoms with Crippen LogP contribution in [0.15, 0.2) is 53.1 Å². The lowest BCUT2D eigenvalue weighted by Crippen LogP contribution is -2.32. The summed E-state index contributed by atoms with van der Waals surface area (Å²) in [5.74, 6) is 0.640. The number of halogens is 1. The summed E-state index contributed by atoms with van der Waals surface area (Å²) in [5.41, 5.74) is 7.96. The van der Waals surface area contributed by atoms with Gasteiger partial charge in [-0.05, 0) is 43.2 Å². The highest BCUT2D eigenvalue weighted by Gasteiger charge is 2.14. The smallest absolute Gasteiger partial charge is 0.320 e. The van der Waals surface area contributed by atoms with E-state index in [4.69, 9.17) is 20.1 Å². The molecule has 3 N–H and O–H groups in total. The highest BCUT2D eigenvalue weighted by Crippen LogP contribution is 2.24. The number of carboxylic acid groups (broad SMARTS) is 1. The van der Waals surface area contributed by atoms with Crippen LogP contribution in [-0.2, 0) is 11.2 Å². The minimum absolute atomic E-state index is 0. The summed E-state index contributed by atoms with van der Waals surface area (Å²) in [5, 5.41) is 12.9.